The van der Waals surface area contributed by atoms with Gasteiger partial charge in [0, 0.05) is 6.04 Å². The van der Waals surface area contributed by atoms with Crippen LogP contribution in [0, 0.1) is 0 Å². The molecule has 0 atom stereocenters. The summed E-state index contributed by atoms with van der Waals surface area (Å²) < 4.78 is 2.67. The molecule has 0 aliphatic carbocycles. The molecule has 4 heteroatoms. The van der Waals surface area contributed by atoms with Crippen molar-refractivity contribution in [3.05, 3.63) is 15.8 Å². The molecule has 10 heavy (non-hydrogen) atoms. The van der Waals surface area contributed by atoms with Gasteiger partial charge in [-0.3, -0.25) is 4.68 Å². The van der Waals surface area contributed by atoms with Gasteiger partial charge in [0.15, 0.2) is 0 Å². The van der Waals surface area contributed by atoms with Crippen LogP contribution in [0.4, 0.5) is 0 Å². The Hall–Kier alpha value is -0.0200. The Balaban J connectivity index is 3.05. The lowest BCUT2D eigenvalue weighted by molar-refractivity contribution is 0.522. The molecule has 0 radical (unpaired) electrons. The van der Waals surface area contributed by atoms with Gasteiger partial charge in [0.05, 0.1) is 11.2 Å². The maximum Gasteiger partial charge on any atom is 0.123 e. The van der Waals surface area contributed by atoms with Crippen LogP contribution in [0.15, 0.2) is 10.8 Å². The maximum atomic E-state index is 5.74. The molecule has 1 rings (SSSR count). The number of aromatic nitrogens is 2. The first-order valence-electron chi connectivity index (χ1n) is 3.01. The Morgan fingerprint density at radius 1 is 1.70 bits per heavy atom. The molecule has 0 saturated heterocycles. The molecular weight excluding hydrogens is 215 g/mol. The van der Waals surface area contributed by atoms with Crippen LogP contribution in [-0.4, -0.2) is 9.78 Å². The van der Waals surface area contributed by atoms with E-state index in [1.54, 1.807) is 6.20 Å². The Labute approximate surface area is 73.3 Å². The third-order valence-corrected chi connectivity index (χ3v) is 2.48. The Bertz CT molecular complexity index is 232. The predicted octanol–water partition coefficient (Wildman–Crippen LogP) is 2.88. The van der Waals surface area contributed by atoms with E-state index >= 15 is 0 Å². The van der Waals surface area contributed by atoms with Crippen molar-refractivity contribution in [1.82, 2.24) is 9.78 Å². The topological polar surface area (TPSA) is 17.8 Å². The molecule has 1 heterocycles. The Morgan fingerprint density at radius 2 is 2.30 bits per heavy atom. The zero-order valence-electron chi connectivity index (χ0n) is 5.81. The van der Waals surface area contributed by atoms with E-state index < -0.39 is 0 Å². The van der Waals surface area contributed by atoms with Gasteiger partial charge in [0.1, 0.15) is 4.60 Å². The largest absolute Gasteiger partial charge is 0.254 e. The van der Waals surface area contributed by atoms with Crippen LogP contribution in [0.5, 0.6) is 0 Å². The van der Waals surface area contributed by atoms with E-state index in [1.807, 2.05) is 18.5 Å². The summed E-state index contributed by atoms with van der Waals surface area (Å²) in [5, 5.41) is 4.71. The highest BCUT2D eigenvalue weighted by Gasteiger charge is 2.06. The zero-order chi connectivity index (χ0) is 7.72. The van der Waals surface area contributed by atoms with Crippen LogP contribution in [0.3, 0.4) is 0 Å². The average Bonchev–Trinajstić information content (AvgIpc) is 2.14. The van der Waals surface area contributed by atoms with Gasteiger partial charge in [-0.25, -0.2) is 0 Å². The molecule has 2 nitrogen and oxygen atoms in total. The number of halogens is 2. The normalized spacial score (nSPS) is 10.9. The molecule has 0 amide bonds. The standard InChI is InChI=1S/C6H8BrClN2/c1-4(2)10-6(7)5(8)3-9-10/h3-4H,1-2H3. The van der Waals surface area contributed by atoms with Crippen molar-refractivity contribution < 1.29 is 0 Å². The summed E-state index contributed by atoms with van der Waals surface area (Å²) >= 11 is 9.06. The third-order valence-electron chi connectivity index (χ3n) is 1.18. The Morgan fingerprint density at radius 3 is 2.50 bits per heavy atom. The summed E-state index contributed by atoms with van der Waals surface area (Å²) in [5.41, 5.74) is 0. The maximum absolute atomic E-state index is 5.74. The lowest BCUT2D eigenvalue weighted by atomic mass is 10.4. The van der Waals surface area contributed by atoms with Crippen LogP contribution in [0.1, 0.15) is 19.9 Å². The summed E-state index contributed by atoms with van der Waals surface area (Å²) in [7, 11) is 0. The highest BCUT2D eigenvalue weighted by Crippen LogP contribution is 2.23. The van der Waals surface area contributed by atoms with Gasteiger partial charge in [-0.2, -0.15) is 5.10 Å². The molecule has 1 aromatic rings. The van der Waals surface area contributed by atoms with Crippen LogP contribution < -0.4 is 0 Å². The van der Waals surface area contributed by atoms with Gasteiger partial charge in [0.2, 0.25) is 0 Å². The van der Waals surface area contributed by atoms with Crippen molar-refractivity contribution >= 4 is 27.5 Å². The first-order valence-corrected chi connectivity index (χ1v) is 4.18. The van der Waals surface area contributed by atoms with Crippen molar-refractivity contribution in [2.24, 2.45) is 0 Å². The van der Waals surface area contributed by atoms with E-state index in [1.165, 1.54) is 0 Å². The second-order valence-electron chi connectivity index (χ2n) is 2.32. The highest BCUT2D eigenvalue weighted by atomic mass is 79.9. The fraction of sp³-hybridized carbons (Fsp3) is 0.500. The molecule has 0 aromatic carbocycles. The number of hydrogen-bond acceptors (Lipinski definition) is 1. The fourth-order valence-corrected chi connectivity index (χ4v) is 1.42. The van der Waals surface area contributed by atoms with E-state index in [0.29, 0.717) is 11.1 Å². The quantitative estimate of drug-likeness (QED) is 0.716. The van der Waals surface area contributed by atoms with Crippen LogP contribution >= 0.6 is 27.5 Å². The molecule has 0 aliphatic heterocycles. The minimum absolute atomic E-state index is 0.349. The minimum atomic E-state index is 0.349. The first kappa shape index (κ1) is 8.08. The van der Waals surface area contributed by atoms with Gasteiger partial charge in [0.25, 0.3) is 0 Å². The van der Waals surface area contributed by atoms with Crippen LogP contribution in [0.2, 0.25) is 5.02 Å². The van der Waals surface area contributed by atoms with E-state index in [2.05, 4.69) is 21.0 Å². The SMILES string of the molecule is CC(C)n1ncc(Cl)c1Br. The summed E-state index contributed by atoms with van der Waals surface area (Å²) in [4.78, 5) is 0. The molecule has 1 aromatic heterocycles. The summed E-state index contributed by atoms with van der Waals surface area (Å²) in [6.07, 6.45) is 1.63. The smallest absolute Gasteiger partial charge is 0.123 e. The molecule has 56 valence electrons. The number of rotatable bonds is 1. The second-order valence-corrected chi connectivity index (χ2v) is 3.48. The van der Waals surface area contributed by atoms with Crippen molar-refractivity contribution in [3.8, 4) is 0 Å². The average molecular weight is 224 g/mol. The molecule has 0 N–H and O–H groups in total. The van der Waals surface area contributed by atoms with Crippen molar-refractivity contribution in [2.75, 3.05) is 0 Å². The zero-order valence-corrected chi connectivity index (χ0v) is 8.15. The van der Waals surface area contributed by atoms with E-state index in [-0.39, 0.29) is 0 Å². The van der Waals surface area contributed by atoms with Gasteiger partial charge in [-0.05, 0) is 29.8 Å². The van der Waals surface area contributed by atoms with Crippen molar-refractivity contribution in [1.29, 1.82) is 0 Å². The molecule has 0 saturated carbocycles. The lowest BCUT2D eigenvalue weighted by Gasteiger charge is -2.05. The molecular formula is C6H8BrClN2. The van der Waals surface area contributed by atoms with Gasteiger partial charge >= 0.3 is 0 Å². The minimum Gasteiger partial charge on any atom is -0.254 e. The van der Waals surface area contributed by atoms with E-state index in [0.717, 1.165) is 4.60 Å². The summed E-state index contributed by atoms with van der Waals surface area (Å²) in [6, 6.07) is 0.349. The first-order chi connectivity index (χ1) is 4.63. The van der Waals surface area contributed by atoms with Gasteiger partial charge < -0.3 is 0 Å². The van der Waals surface area contributed by atoms with Gasteiger partial charge in [-0.1, -0.05) is 11.6 Å². The number of nitrogens with zero attached hydrogens (tertiary/aromatic N) is 2. The predicted molar refractivity (Wildman–Crippen MR) is 45.3 cm³/mol. The number of hydrogen-bond donors (Lipinski definition) is 0. The van der Waals surface area contributed by atoms with Gasteiger partial charge in [-0.15, -0.1) is 0 Å². The monoisotopic (exact) mass is 222 g/mol. The Kier molecular flexibility index (Phi) is 2.36. The van der Waals surface area contributed by atoms with E-state index in [9.17, 15) is 0 Å². The summed E-state index contributed by atoms with van der Waals surface area (Å²) in [5.74, 6) is 0. The van der Waals surface area contributed by atoms with Crippen molar-refractivity contribution in [3.63, 3.8) is 0 Å². The van der Waals surface area contributed by atoms with Crippen LogP contribution in [0.25, 0.3) is 0 Å². The fourth-order valence-electron chi connectivity index (χ4n) is 0.686. The summed E-state index contributed by atoms with van der Waals surface area (Å²) in [6.45, 7) is 4.10. The van der Waals surface area contributed by atoms with Crippen molar-refractivity contribution in [2.45, 2.75) is 19.9 Å². The molecule has 0 aliphatic rings. The van der Waals surface area contributed by atoms with Crippen LogP contribution in [-0.2, 0) is 0 Å². The van der Waals surface area contributed by atoms with E-state index in [4.69, 9.17) is 11.6 Å². The molecule has 0 unspecified atom stereocenters. The second kappa shape index (κ2) is 2.93. The highest BCUT2D eigenvalue weighted by molar-refractivity contribution is 9.10. The third kappa shape index (κ3) is 1.35. The molecule has 0 fully saturated rings. The lowest BCUT2D eigenvalue weighted by Crippen LogP contribution is -2.02. The molecule has 0 spiro atoms. The molecule has 0 bridgehead atoms.